The second-order valence-electron chi connectivity index (χ2n) is 5.64. The van der Waals surface area contributed by atoms with Gasteiger partial charge in [0.05, 0.1) is 0 Å². The van der Waals surface area contributed by atoms with E-state index in [1.54, 1.807) is 24.3 Å². The lowest BCUT2D eigenvalue weighted by atomic mass is 10.1. The minimum Gasteiger partial charge on any atom is -0.457 e. The quantitative estimate of drug-likeness (QED) is 0.859. The highest BCUT2D eigenvalue weighted by molar-refractivity contribution is 6.12. The largest absolute Gasteiger partial charge is 0.457 e. The van der Waals surface area contributed by atoms with E-state index in [4.69, 9.17) is 4.74 Å². The number of rotatable bonds is 3. The van der Waals surface area contributed by atoms with Gasteiger partial charge in [-0.1, -0.05) is 12.1 Å². The molecule has 0 atom stereocenters. The van der Waals surface area contributed by atoms with E-state index < -0.39 is 17.7 Å². The van der Waals surface area contributed by atoms with Crippen molar-refractivity contribution in [2.75, 3.05) is 6.54 Å². The Bertz CT molecular complexity index is 906. The molecule has 6 nitrogen and oxygen atoms in total. The molecule has 26 heavy (non-hydrogen) atoms. The van der Waals surface area contributed by atoms with Crippen molar-refractivity contribution >= 4 is 23.8 Å². The van der Waals surface area contributed by atoms with Crippen LogP contribution in [0.5, 0.6) is 11.5 Å². The monoisotopic (exact) mass is 354 g/mol. The van der Waals surface area contributed by atoms with Crippen molar-refractivity contribution in [2.45, 2.75) is 6.92 Å². The molecule has 0 bridgehead atoms. The molecule has 1 aliphatic heterocycles. The average molecular weight is 354 g/mol. The maximum Gasteiger partial charge on any atom is 0.277 e. The third-order valence-corrected chi connectivity index (χ3v) is 3.65. The van der Waals surface area contributed by atoms with E-state index >= 15 is 0 Å². The lowest BCUT2D eigenvalue weighted by Crippen LogP contribution is -2.51. The maximum absolute atomic E-state index is 12.9. The zero-order valence-electron chi connectivity index (χ0n) is 13.9. The number of carbonyl (C=O) groups is 3. The lowest BCUT2D eigenvalue weighted by Gasteiger charge is -2.25. The zero-order chi connectivity index (χ0) is 18.7. The molecule has 0 radical (unpaired) electrons. The second-order valence-corrected chi connectivity index (χ2v) is 5.64. The second kappa shape index (κ2) is 7.18. The van der Waals surface area contributed by atoms with Crippen LogP contribution in [0.15, 0.2) is 54.2 Å². The number of carbonyl (C=O) groups excluding carboxylic acids is 3. The summed E-state index contributed by atoms with van der Waals surface area (Å²) >= 11 is 0. The standard InChI is InChI=1S/C19H15FN2O4/c1-12(23)22-11-18(24)21-17(19(22)25)10-13-3-2-4-16(9-13)26-15-7-5-14(20)6-8-15/h2-10H,11H2,1H3,(H,21,24). The first-order valence-corrected chi connectivity index (χ1v) is 7.80. The molecule has 0 aliphatic carbocycles. The molecule has 3 amide bonds. The summed E-state index contributed by atoms with van der Waals surface area (Å²) in [6, 6.07) is 12.4. The molecule has 1 heterocycles. The van der Waals surface area contributed by atoms with Gasteiger partial charge in [0.25, 0.3) is 5.91 Å². The molecule has 132 valence electrons. The molecule has 0 aromatic heterocycles. The number of halogens is 1. The Hall–Kier alpha value is -3.48. The van der Waals surface area contributed by atoms with Crippen LogP contribution in [0.1, 0.15) is 12.5 Å². The SMILES string of the molecule is CC(=O)N1CC(=O)NC(=Cc2cccc(Oc3ccc(F)cc3)c2)C1=O. The molecule has 2 aromatic rings. The summed E-state index contributed by atoms with van der Waals surface area (Å²) in [6.45, 7) is 0.935. The average Bonchev–Trinajstić information content (AvgIpc) is 2.60. The van der Waals surface area contributed by atoms with Crippen LogP contribution in [0.2, 0.25) is 0 Å². The van der Waals surface area contributed by atoms with Crippen molar-refractivity contribution < 1.29 is 23.5 Å². The number of hydrogen-bond donors (Lipinski definition) is 1. The zero-order valence-corrected chi connectivity index (χ0v) is 13.9. The van der Waals surface area contributed by atoms with Crippen LogP contribution in [-0.4, -0.2) is 29.2 Å². The minimum absolute atomic E-state index is 0.00961. The van der Waals surface area contributed by atoms with Crippen molar-refractivity contribution in [3.63, 3.8) is 0 Å². The van der Waals surface area contributed by atoms with Gasteiger partial charge in [-0.3, -0.25) is 19.3 Å². The number of nitrogens with one attached hydrogen (secondary N) is 1. The number of ether oxygens (including phenoxy) is 1. The van der Waals surface area contributed by atoms with Crippen LogP contribution in [0, 0.1) is 5.82 Å². The van der Waals surface area contributed by atoms with E-state index in [9.17, 15) is 18.8 Å². The van der Waals surface area contributed by atoms with Gasteiger partial charge < -0.3 is 10.1 Å². The van der Waals surface area contributed by atoms with E-state index in [0.717, 1.165) is 4.90 Å². The van der Waals surface area contributed by atoms with Gasteiger partial charge in [-0.05, 0) is 48.0 Å². The smallest absolute Gasteiger partial charge is 0.277 e. The van der Waals surface area contributed by atoms with Gasteiger partial charge in [0.2, 0.25) is 11.8 Å². The number of imide groups is 1. The minimum atomic E-state index is -0.568. The van der Waals surface area contributed by atoms with E-state index in [0.29, 0.717) is 17.1 Å². The number of nitrogens with zero attached hydrogens (tertiary/aromatic N) is 1. The van der Waals surface area contributed by atoms with Crippen LogP contribution in [-0.2, 0) is 14.4 Å². The van der Waals surface area contributed by atoms with Gasteiger partial charge in [-0.2, -0.15) is 0 Å². The van der Waals surface area contributed by atoms with E-state index in [1.807, 2.05) is 0 Å². The summed E-state index contributed by atoms with van der Waals surface area (Å²) in [5, 5.41) is 2.47. The number of piperazine rings is 1. The van der Waals surface area contributed by atoms with Crippen LogP contribution < -0.4 is 10.1 Å². The van der Waals surface area contributed by atoms with Crippen LogP contribution in [0.3, 0.4) is 0 Å². The molecule has 1 aliphatic rings. The maximum atomic E-state index is 12.9. The normalized spacial score (nSPS) is 15.8. The van der Waals surface area contributed by atoms with Gasteiger partial charge in [0.1, 0.15) is 29.6 Å². The molecular weight excluding hydrogens is 339 g/mol. The lowest BCUT2D eigenvalue weighted by molar-refractivity contribution is -0.147. The van der Waals surface area contributed by atoms with Crippen LogP contribution in [0.4, 0.5) is 4.39 Å². The topological polar surface area (TPSA) is 75.7 Å². The van der Waals surface area contributed by atoms with Gasteiger partial charge in [-0.25, -0.2) is 4.39 Å². The molecule has 1 N–H and O–H groups in total. The third kappa shape index (κ3) is 3.94. The Morgan fingerprint density at radius 3 is 2.58 bits per heavy atom. The highest BCUT2D eigenvalue weighted by atomic mass is 19.1. The van der Waals surface area contributed by atoms with Crippen LogP contribution in [0.25, 0.3) is 6.08 Å². The molecule has 2 aromatic carbocycles. The fraction of sp³-hybridized carbons (Fsp3) is 0.105. The summed E-state index contributed by atoms with van der Waals surface area (Å²) in [7, 11) is 0. The summed E-state index contributed by atoms with van der Waals surface area (Å²) in [4.78, 5) is 36.4. The molecule has 7 heteroatoms. The highest BCUT2D eigenvalue weighted by Crippen LogP contribution is 2.23. The Morgan fingerprint density at radius 2 is 1.88 bits per heavy atom. The van der Waals surface area contributed by atoms with Gasteiger partial charge >= 0.3 is 0 Å². The summed E-state index contributed by atoms with van der Waals surface area (Å²) < 4.78 is 18.6. The van der Waals surface area contributed by atoms with E-state index in [2.05, 4.69) is 5.32 Å². The number of hydrogen-bond acceptors (Lipinski definition) is 4. The van der Waals surface area contributed by atoms with Crippen molar-refractivity contribution in [2.24, 2.45) is 0 Å². The molecule has 0 unspecified atom stereocenters. The third-order valence-electron chi connectivity index (χ3n) is 3.65. The Labute approximate surface area is 148 Å². The molecule has 1 saturated heterocycles. The Balaban J connectivity index is 1.84. The summed E-state index contributed by atoms with van der Waals surface area (Å²) in [5.74, 6) is -0.932. The van der Waals surface area contributed by atoms with Crippen molar-refractivity contribution in [1.29, 1.82) is 0 Å². The Morgan fingerprint density at radius 1 is 1.15 bits per heavy atom. The van der Waals surface area contributed by atoms with Gasteiger partial charge in [0, 0.05) is 6.92 Å². The molecule has 0 saturated carbocycles. The van der Waals surface area contributed by atoms with E-state index in [-0.39, 0.29) is 18.1 Å². The van der Waals surface area contributed by atoms with Gasteiger partial charge in [-0.15, -0.1) is 0 Å². The first-order valence-electron chi connectivity index (χ1n) is 7.80. The first kappa shape index (κ1) is 17.3. The van der Waals surface area contributed by atoms with E-state index in [1.165, 1.54) is 37.3 Å². The Kier molecular flexibility index (Phi) is 4.79. The highest BCUT2D eigenvalue weighted by Gasteiger charge is 2.30. The van der Waals surface area contributed by atoms with Crippen molar-refractivity contribution in [3.8, 4) is 11.5 Å². The first-order chi connectivity index (χ1) is 12.4. The molecular formula is C19H15FN2O4. The van der Waals surface area contributed by atoms with Crippen molar-refractivity contribution in [3.05, 3.63) is 65.6 Å². The predicted octanol–water partition coefficient (Wildman–Crippen LogP) is 2.46. The molecule has 1 fully saturated rings. The summed E-state index contributed by atoms with van der Waals surface area (Å²) in [5.41, 5.74) is 0.606. The summed E-state index contributed by atoms with van der Waals surface area (Å²) in [6.07, 6.45) is 1.47. The van der Waals surface area contributed by atoms with Gasteiger partial charge in [0.15, 0.2) is 0 Å². The number of amides is 3. The van der Waals surface area contributed by atoms with Crippen LogP contribution >= 0.6 is 0 Å². The number of benzene rings is 2. The predicted molar refractivity (Wildman–Crippen MR) is 91.4 cm³/mol. The van der Waals surface area contributed by atoms with Crippen molar-refractivity contribution in [1.82, 2.24) is 10.2 Å². The molecule has 3 rings (SSSR count). The fourth-order valence-corrected chi connectivity index (χ4v) is 2.43. The molecule has 0 spiro atoms. The fourth-order valence-electron chi connectivity index (χ4n) is 2.43.